The second-order valence-electron chi connectivity index (χ2n) is 8.76. The van der Waals surface area contributed by atoms with Gasteiger partial charge in [0.25, 0.3) is 5.91 Å². The van der Waals surface area contributed by atoms with E-state index in [1.807, 2.05) is 4.90 Å². The summed E-state index contributed by atoms with van der Waals surface area (Å²) >= 11 is 1.58. The summed E-state index contributed by atoms with van der Waals surface area (Å²) in [7, 11) is 0. The highest BCUT2D eigenvalue weighted by atomic mass is 32.1. The molecular weight excluding hydrogens is 328 g/mol. The summed E-state index contributed by atoms with van der Waals surface area (Å²) in [4.78, 5) is 21.6. The summed E-state index contributed by atoms with van der Waals surface area (Å²) in [5, 5.41) is 1.15. The molecule has 0 N–H and O–H groups in total. The van der Waals surface area contributed by atoms with Crippen molar-refractivity contribution in [3.05, 3.63) is 28.3 Å². The Hall–Kier alpha value is -1.42. The zero-order valence-corrected chi connectivity index (χ0v) is 16.4. The summed E-state index contributed by atoms with van der Waals surface area (Å²) in [5.74, 6) is 0.917. The van der Waals surface area contributed by atoms with Crippen molar-refractivity contribution in [3.63, 3.8) is 0 Å². The minimum atomic E-state index is 0.202. The molecule has 4 heteroatoms. The van der Waals surface area contributed by atoms with Crippen molar-refractivity contribution in [1.82, 2.24) is 9.88 Å². The van der Waals surface area contributed by atoms with Crippen molar-refractivity contribution in [2.45, 2.75) is 59.3 Å². The van der Waals surface area contributed by atoms with Crippen LogP contribution in [0, 0.1) is 11.3 Å². The number of likely N-dealkylation sites (tertiary alicyclic amines) is 1. The predicted octanol–water partition coefficient (Wildman–Crippen LogP) is 5.07. The second kappa shape index (κ2) is 6.39. The van der Waals surface area contributed by atoms with Crippen molar-refractivity contribution in [3.8, 4) is 0 Å². The maximum atomic E-state index is 12.8. The first-order chi connectivity index (χ1) is 11.9. The van der Waals surface area contributed by atoms with Gasteiger partial charge in [-0.2, -0.15) is 0 Å². The molecule has 0 radical (unpaired) electrons. The van der Waals surface area contributed by atoms with E-state index in [0.717, 1.165) is 53.9 Å². The van der Waals surface area contributed by atoms with Gasteiger partial charge in [-0.3, -0.25) is 4.79 Å². The molecule has 25 heavy (non-hydrogen) atoms. The number of aryl methyl sites for hydroxylation is 1. The molecule has 3 heterocycles. The van der Waals surface area contributed by atoms with Crippen molar-refractivity contribution in [1.29, 1.82) is 0 Å². The van der Waals surface area contributed by atoms with Crippen LogP contribution in [-0.2, 0) is 12.8 Å². The number of aromatic nitrogens is 1. The van der Waals surface area contributed by atoms with E-state index in [0.29, 0.717) is 11.3 Å². The molecule has 0 saturated carbocycles. The van der Waals surface area contributed by atoms with Crippen LogP contribution < -0.4 is 0 Å². The van der Waals surface area contributed by atoms with E-state index in [1.54, 1.807) is 11.3 Å². The molecule has 0 aromatic carbocycles. The largest absolute Gasteiger partial charge is 0.338 e. The number of carbonyl (C=O) groups is 1. The Morgan fingerprint density at radius 2 is 1.96 bits per heavy atom. The molecule has 134 valence electrons. The molecule has 1 atom stereocenters. The number of piperidine rings is 1. The minimum absolute atomic E-state index is 0.202. The number of hydrogen-bond donors (Lipinski definition) is 0. The zero-order chi connectivity index (χ0) is 17.6. The van der Waals surface area contributed by atoms with Gasteiger partial charge in [0.2, 0.25) is 0 Å². The van der Waals surface area contributed by atoms with Crippen LogP contribution in [0.3, 0.4) is 0 Å². The van der Waals surface area contributed by atoms with Crippen molar-refractivity contribution in [2.75, 3.05) is 13.1 Å². The highest BCUT2D eigenvalue weighted by Crippen LogP contribution is 2.38. The molecular formula is C21H28N2OS. The highest BCUT2D eigenvalue weighted by molar-refractivity contribution is 7.20. The van der Waals surface area contributed by atoms with Gasteiger partial charge in [-0.05, 0) is 67.6 Å². The lowest BCUT2D eigenvalue weighted by atomic mass is 9.71. The molecule has 1 aliphatic heterocycles. The number of thiophene rings is 1. The van der Waals surface area contributed by atoms with E-state index in [4.69, 9.17) is 4.98 Å². The molecule has 4 rings (SSSR count). The van der Waals surface area contributed by atoms with Gasteiger partial charge in [-0.25, -0.2) is 4.98 Å². The lowest BCUT2D eigenvalue weighted by molar-refractivity contribution is 0.0729. The average molecular weight is 357 g/mol. The smallest absolute Gasteiger partial charge is 0.264 e. The van der Waals surface area contributed by atoms with Gasteiger partial charge in [0.15, 0.2) is 0 Å². The summed E-state index contributed by atoms with van der Waals surface area (Å²) < 4.78 is 0. The van der Waals surface area contributed by atoms with Gasteiger partial charge in [0, 0.05) is 24.2 Å². The summed E-state index contributed by atoms with van der Waals surface area (Å²) in [5.41, 5.74) is 3.00. The molecule has 2 aliphatic rings. The van der Waals surface area contributed by atoms with Gasteiger partial charge in [0.05, 0.1) is 4.88 Å². The maximum Gasteiger partial charge on any atom is 0.264 e. The van der Waals surface area contributed by atoms with E-state index in [9.17, 15) is 4.79 Å². The van der Waals surface area contributed by atoms with Crippen LogP contribution in [0.1, 0.15) is 67.4 Å². The fourth-order valence-corrected chi connectivity index (χ4v) is 5.22. The third-order valence-electron chi connectivity index (χ3n) is 5.95. The van der Waals surface area contributed by atoms with Crippen LogP contribution in [-0.4, -0.2) is 28.9 Å². The van der Waals surface area contributed by atoms with Crippen LogP contribution in [0.2, 0.25) is 0 Å². The summed E-state index contributed by atoms with van der Waals surface area (Å²) in [6, 6.07) is 4.38. The Kier molecular flexibility index (Phi) is 4.35. The van der Waals surface area contributed by atoms with Crippen molar-refractivity contribution >= 4 is 27.5 Å². The van der Waals surface area contributed by atoms with Gasteiger partial charge in [-0.15, -0.1) is 11.3 Å². The van der Waals surface area contributed by atoms with Crippen LogP contribution in [0.25, 0.3) is 10.2 Å². The van der Waals surface area contributed by atoms with Crippen LogP contribution in [0.4, 0.5) is 0 Å². The Labute approximate surface area is 154 Å². The fourth-order valence-electron chi connectivity index (χ4n) is 4.22. The molecule has 1 fully saturated rings. The van der Waals surface area contributed by atoms with Crippen LogP contribution >= 0.6 is 11.3 Å². The van der Waals surface area contributed by atoms with Crippen LogP contribution in [0.5, 0.6) is 0 Å². The number of rotatable bonds is 1. The summed E-state index contributed by atoms with van der Waals surface area (Å²) in [6.07, 6.45) is 6.93. The maximum absolute atomic E-state index is 12.8. The van der Waals surface area contributed by atoms with E-state index in [1.165, 1.54) is 24.1 Å². The van der Waals surface area contributed by atoms with Gasteiger partial charge in [0.1, 0.15) is 4.83 Å². The molecule has 2 aromatic rings. The van der Waals surface area contributed by atoms with Gasteiger partial charge in [-0.1, -0.05) is 20.8 Å². The first-order valence-electron chi connectivity index (χ1n) is 9.63. The standard InChI is InChI=1S/C21H28N2OS/c1-21(2,3)16-7-8-17-14(12-16)11-15-13-18(25-19(15)22-17)20(24)23-9-5-4-6-10-23/h11,13,16H,4-10,12H2,1-3H3. The highest BCUT2D eigenvalue weighted by Gasteiger charge is 2.30. The molecule has 3 nitrogen and oxygen atoms in total. The molecule has 0 bridgehead atoms. The molecule has 1 amide bonds. The second-order valence-corrected chi connectivity index (χ2v) is 9.79. The van der Waals surface area contributed by atoms with Crippen molar-refractivity contribution in [2.24, 2.45) is 11.3 Å². The van der Waals surface area contributed by atoms with Gasteiger partial charge < -0.3 is 4.90 Å². The fraction of sp³-hybridized carbons (Fsp3) is 0.619. The number of carbonyl (C=O) groups excluding carboxylic acids is 1. The SMILES string of the molecule is CC(C)(C)C1CCc2nc3sc(C(=O)N4CCCCC4)cc3cc2C1. The lowest BCUT2D eigenvalue weighted by Crippen LogP contribution is -2.35. The Morgan fingerprint density at radius 1 is 1.20 bits per heavy atom. The normalized spacial score (nSPS) is 21.4. The first-order valence-corrected chi connectivity index (χ1v) is 10.4. The van der Waals surface area contributed by atoms with E-state index >= 15 is 0 Å². The zero-order valence-electron chi connectivity index (χ0n) is 15.6. The predicted molar refractivity (Wildman–Crippen MR) is 104 cm³/mol. The molecule has 0 spiro atoms. The quantitative estimate of drug-likeness (QED) is 0.714. The molecule has 1 unspecified atom stereocenters. The molecule has 1 aliphatic carbocycles. The number of nitrogens with zero attached hydrogens (tertiary/aromatic N) is 2. The minimum Gasteiger partial charge on any atom is -0.338 e. The first kappa shape index (κ1) is 17.0. The van der Waals surface area contributed by atoms with E-state index in [2.05, 4.69) is 32.9 Å². The molecule has 1 saturated heterocycles. The van der Waals surface area contributed by atoms with Crippen molar-refractivity contribution < 1.29 is 4.79 Å². The average Bonchev–Trinajstić information content (AvgIpc) is 3.01. The van der Waals surface area contributed by atoms with Crippen LogP contribution in [0.15, 0.2) is 12.1 Å². The Balaban J connectivity index is 1.63. The number of pyridine rings is 1. The molecule has 2 aromatic heterocycles. The van der Waals surface area contributed by atoms with E-state index in [-0.39, 0.29) is 5.91 Å². The van der Waals surface area contributed by atoms with Gasteiger partial charge >= 0.3 is 0 Å². The Morgan fingerprint density at radius 3 is 2.68 bits per heavy atom. The summed E-state index contributed by atoms with van der Waals surface area (Å²) in [6.45, 7) is 8.84. The third kappa shape index (κ3) is 3.33. The van der Waals surface area contributed by atoms with E-state index < -0.39 is 0 Å². The number of fused-ring (bicyclic) bond motifs is 2. The Bertz CT molecular complexity index is 796. The monoisotopic (exact) mass is 356 g/mol. The lowest BCUT2D eigenvalue weighted by Gasteiger charge is -2.34. The third-order valence-corrected chi connectivity index (χ3v) is 6.98. The topological polar surface area (TPSA) is 33.2 Å². The number of amides is 1. The number of hydrogen-bond acceptors (Lipinski definition) is 3.